The lowest BCUT2D eigenvalue weighted by atomic mass is 9.96. The summed E-state index contributed by atoms with van der Waals surface area (Å²) in [5.41, 5.74) is 7.11. The number of furan rings is 1. The fourth-order valence-corrected chi connectivity index (χ4v) is 3.31. The number of likely N-dealkylation sites (N-methyl/N-ethyl adjacent to an activating group) is 1. The van der Waals surface area contributed by atoms with Crippen LogP contribution in [0.2, 0.25) is 0 Å². The highest BCUT2D eigenvalue weighted by Gasteiger charge is 2.16. The van der Waals surface area contributed by atoms with Crippen molar-refractivity contribution in [3.8, 4) is 16.9 Å². The van der Waals surface area contributed by atoms with E-state index in [1.165, 1.54) is 11.1 Å². The van der Waals surface area contributed by atoms with Crippen LogP contribution in [0.15, 0.2) is 47.1 Å². The van der Waals surface area contributed by atoms with Gasteiger partial charge in [-0.1, -0.05) is 23.8 Å². The van der Waals surface area contributed by atoms with Gasteiger partial charge in [0.2, 0.25) is 5.91 Å². The first-order valence-corrected chi connectivity index (χ1v) is 9.10. The third-order valence-electron chi connectivity index (χ3n) is 4.67. The molecule has 1 N–H and O–H groups in total. The van der Waals surface area contributed by atoms with Crippen LogP contribution in [0.5, 0.6) is 5.75 Å². The summed E-state index contributed by atoms with van der Waals surface area (Å²) in [6, 6.07) is 10.3. The summed E-state index contributed by atoms with van der Waals surface area (Å²) in [4.78, 5) is 11.8. The van der Waals surface area contributed by atoms with Gasteiger partial charge >= 0.3 is 0 Å². The number of hydrogen-bond donors (Lipinski definition) is 1. The molecule has 1 aromatic heterocycles. The van der Waals surface area contributed by atoms with Gasteiger partial charge in [0.1, 0.15) is 11.3 Å². The summed E-state index contributed by atoms with van der Waals surface area (Å²) in [7, 11) is 1.62. The summed E-state index contributed by atoms with van der Waals surface area (Å²) in [6.45, 7) is 8.58. The van der Waals surface area contributed by atoms with Gasteiger partial charge in [-0.15, -0.1) is 0 Å². The molecule has 0 unspecified atom stereocenters. The lowest BCUT2D eigenvalue weighted by Crippen LogP contribution is -2.14. The molecular weight excluding hydrogens is 338 g/mol. The van der Waals surface area contributed by atoms with Crippen LogP contribution >= 0.6 is 0 Å². The first-order valence-electron chi connectivity index (χ1n) is 9.10. The lowest BCUT2D eigenvalue weighted by Gasteiger charge is -2.12. The lowest BCUT2D eigenvalue weighted by molar-refractivity contribution is -0.116. The van der Waals surface area contributed by atoms with Gasteiger partial charge in [0, 0.05) is 35.7 Å². The number of rotatable bonds is 5. The summed E-state index contributed by atoms with van der Waals surface area (Å²) >= 11 is 0. The first kappa shape index (κ1) is 18.8. The van der Waals surface area contributed by atoms with Gasteiger partial charge in [0.15, 0.2) is 0 Å². The number of nitrogens with one attached hydrogen (secondary N) is 1. The van der Waals surface area contributed by atoms with Gasteiger partial charge in [-0.3, -0.25) is 4.79 Å². The van der Waals surface area contributed by atoms with Crippen molar-refractivity contribution in [1.29, 1.82) is 0 Å². The summed E-state index contributed by atoms with van der Waals surface area (Å²) in [6.07, 6.45) is 3.38. The minimum Gasteiger partial charge on any atom is -0.493 e. The number of ether oxygens (including phenoxy) is 1. The maximum atomic E-state index is 11.8. The maximum Gasteiger partial charge on any atom is 0.244 e. The molecule has 0 fully saturated rings. The quantitative estimate of drug-likeness (QED) is 0.629. The van der Waals surface area contributed by atoms with Gasteiger partial charge in [-0.2, -0.15) is 0 Å². The van der Waals surface area contributed by atoms with Crippen LogP contribution in [0.3, 0.4) is 0 Å². The zero-order chi connectivity index (χ0) is 19.6. The smallest absolute Gasteiger partial charge is 0.244 e. The van der Waals surface area contributed by atoms with E-state index in [0.29, 0.717) is 12.4 Å². The first-order chi connectivity index (χ1) is 12.9. The largest absolute Gasteiger partial charge is 0.493 e. The molecule has 0 saturated carbocycles. The van der Waals surface area contributed by atoms with E-state index in [1.807, 2.05) is 26.0 Å². The number of hydrogen-bond acceptors (Lipinski definition) is 3. The Morgan fingerprint density at radius 1 is 1.19 bits per heavy atom. The van der Waals surface area contributed by atoms with E-state index in [4.69, 9.17) is 9.15 Å². The molecule has 4 nitrogen and oxygen atoms in total. The Hall–Kier alpha value is -3.01. The topological polar surface area (TPSA) is 51.5 Å². The molecular formula is C23H25NO3. The third-order valence-corrected chi connectivity index (χ3v) is 4.67. The van der Waals surface area contributed by atoms with Crippen molar-refractivity contribution >= 4 is 22.4 Å². The third kappa shape index (κ3) is 3.75. The van der Waals surface area contributed by atoms with Crippen molar-refractivity contribution in [2.45, 2.75) is 27.7 Å². The molecule has 140 valence electrons. The maximum absolute atomic E-state index is 11.8. The number of amides is 1. The monoisotopic (exact) mass is 363 g/mol. The van der Waals surface area contributed by atoms with E-state index in [2.05, 4.69) is 37.4 Å². The Balaban J connectivity index is 2.21. The van der Waals surface area contributed by atoms with Crippen LogP contribution in [0.25, 0.3) is 27.7 Å². The molecule has 0 aliphatic heterocycles. The van der Waals surface area contributed by atoms with Gasteiger partial charge in [0.05, 0.1) is 12.9 Å². The fourth-order valence-electron chi connectivity index (χ4n) is 3.31. The molecule has 27 heavy (non-hydrogen) atoms. The Kier molecular flexibility index (Phi) is 5.36. The minimum atomic E-state index is -0.142. The molecule has 0 bridgehead atoms. The van der Waals surface area contributed by atoms with Crippen molar-refractivity contribution in [3.63, 3.8) is 0 Å². The highest BCUT2D eigenvalue weighted by molar-refractivity contribution is 6.00. The second-order valence-corrected chi connectivity index (χ2v) is 6.69. The number of allylic oxidation sites excluding steroid dienone is 1. The summed E-state index contributed by atoms with van der Waals surface area (Å²) in [5.74, 6) is 0.570. The van der Waals surface area contributed by atoms with Crippen molar-refractivity contribution < 1.29 is 13.9 Å². The number of fused-ring (bicyclic) bond motifs is 1. The highest BCUT2D eigenvalue weighted by atomic mass is 16.5. The second kappa shape index (κ2) is 7.70. The van der Waals surface area contributed by atoms with Crippen LogP contribution in [-0.4, -0.2) is 19.6 Å². The van der Waals surface area contributed by atoms with Gasteiger partial charge in [-0.05, 0) is 50.5 Å². The predicted octanol–water partition coefficient (Wildman–Crippen LogP) is 5.26. The predicted molar refractivity (Wildman–Crippen MR) is 110 cm³/mol. The zero-order valence-electron chi connectivity index (χ0n) is 16.5. The average molecular weight is 363 g/mol. The number of carbonyl (C=O) groups is 1. The minimum absolute atomic E-state index is 0.142. The second-order valence-electron chi connectivity index (χ2n) is 6.69. The molecule has 0 spiro atoms. The molecule has 4 heteroatoms. The molecule has 0 radical (unpaired) electrons. The standard InChI is InChI=1S/C23H25NO3/c1-6-26-21-12-22-19(11-18(21)16(4)10-23(25)24-5)20(13-27-22)17-8-7-14(2)9-15(17)3/h7-13H,6H2,1-5H3,(H,24,25)/b16-10+. The molecule has 2 aromatic carbocycles. The van der Waals surface area contributed by atoms with E-state index >= 15 is 0 Å². The Bertz CT molecular complexity index is 1030. The van der Waals surface area contributed by atoms with Crippen LogP contribution in [0, 0.1) is 13.8 Å². The molecule has 1 amide bonds. The zero-order valence-corrected chi connectivity index (χ0v) is 16.5. The molecule has 0 atom stereocenters. The van der Waals surface area contributed by atoms with Crippen LogP contribution in [-0.2, 0) is 4.79 Å². The van der Waals surface area contributed by atoms with Crippen molar-refractivity contribution in [3.05, 3.63) is 59.4 Å². The Morgan fingerprint density at radius 3 is 2.63 bits per heavy atom. The van der Waals surface area contributed by atoms with Crippen LogP contribution in [0.4, 0.5) is 0 Å². The van der Waals surface area contributed by atoms with Crippen molar-refractivity contribution in [2.75, 3.05) is 13.7 Å². The van der Waals surface area contributed by atoms with E-state index in [1.54, 1.807) is 19.4 Å². The van der Waals surface area contributed by atoms with Crippen LogP contribution in [0.1, 0.15) is 30.5 Å². The van der Waals surface area contributed by atoms with Crippen molar-refractivity contribution in [2.24, 2.45) is 0 Å². The SMILES string of the molecule is CCOc1cc2occ(-c3ccc(C)cc3C)c2cc1/C(C)=C/C(=O)NC. The number of carbonyl (C=O) groups excluding carboxylic acids is 1. The highest BCUT2D eigenvalue weighted by Crippen LogP contribution is 2.38. The molecule has 3 aromatic rings. The van der Waals surface area contributed by atoms with Crippen molar-refractivity contribution in [1.82, 2.24) is 5.32 Å². The summed E-state index contributed by atoms with van der Waals surface area (Å²) < 4.78 is 11.6. The Labute approximate surface area is 159 Å². The number of aryl methyl sites for hydroxylation is 2. The normalized spacial score (nSPS) is 11.7. The van der Waals surface area contributed by atoms with E-state index in [9.17, 15) is 4.79 Å². The van der Waals surface area contributed by atoms with Gasteiger partial charge < -0.3 is 14.5 Å². The Morgan fingerprint density at radius 2 is 1.96 bits per heavy atom. The molecule has 0 aliphatic carbocycles. The van der Waals surface area contributed by atoms with Crippen LogP contribution < -0.4 is 10.1 Å². The van der Waals surface area contributed by atoms with E-state index in [0.717, 1.165) is 33.2 Å². The molecule has 1 heterocycles. The molecule has 3 rings (SSSR count). The average Bonchev–Trinajstić information content (AvgIpc) is 3.03. The van der Waals surface area contributed by atoms with Gasteiger partial charge in [-0.25, -0.2) is 0 Å². The molecule has 0 aliphatic rings. The molecule has 0 saturated heterocycles. The summed E-state index contributed by atoms with van der Waals surface area (Å²) in [5, 5.41) is 3.63. The fraction of sp³-hybridized carbons (Fsp3) is 0.261. The van der Waals surface area contributed by atoms with Gasteiger partial charge in [0.25, 0.3) is 0 Å². The van der Waals surface area contributed by atoms with E-state index < -0.39 is 0 Å². The number of benzene rings is 2. The van der Waals surface area contributed by atoms with E-state index in [-0.39, 0.29) is 5.91 Å².